The molecule has 0 N–H and O–H groups in total. The molecule has 0 spiro atoms. The van der Waals surface area contributed by atoms with Gasteiger partial charge in [-0.3, -0.25) is 4.79 Å². The number of hydrogen-bond acceptors (Lipinski definition) is 3. The van der Waals surface area contributed by atoms with Crippen molar-refractivity contribution in [3.8, 4) is 0 Å². The number of thiophene rings is 1. The zero-order valence-electron chi connectivity index (χ0n) is 11.7. The molecule has 0 saturated carbocycles. The minimum Gasteiger partial charge on any atom is -0.336 e. The maximum Gasteiger partial charge on any atom is 0.255 e. The van der Waals surface area contributed by atoms with Gasteiger partial charge in [-0.1, -0.05) is 6.92 Å². The fourth-order valence-electron chi connectivity index (χ4n) is 3.11. The van der Waals surface area contributed by atoms with Crippen LogP contribution in [0.2, 0.25) is 0 Å². The van der Waals surface area contributed by atoms with Crippen LogP contribution in [0.5, 0.6) is 0 Å². The van der Waals surface area contributed by atoms with Crippen LogP contribution in [0.15, 0.2) is 5.38 Å². The molecule has 4 heteroatoms. The Bertz CT molecular complexity index is 461. The van der Waals surface area contributed by atoms with Gasteiger partial charge in [0, 0.05) is 36.4 Å². The molecule has 0 aromatic carbocycles. The van der Waals surface area contributed by atoms with Crippen molar-refractivity contribution < 1.29 is 4.79 Å². The number of rotatable bonds is 2. The molecule has 104 valence electrons. The molecule has 1 fully saturated rings. The van der Waals surface area contributed by atoms with Gasteiger partial charge in [0.05, 0.1) is 5.56 Å². The molecule has 1 aliphatic heterocycles. The SMILES string of the molecule is CCN1CCN(C(=O)c2csc3c2CCCC3)CC1. The second kappa shape index (κ2) is 5.63. The lowest BCUT2D eigenvalue weighted by atomic mass is 9.95. The van der Waals surface area contributed by atoms with Crippen molar-refractivity contribution in [3.05, 3.63) is 21.4 Å². The summed E-state index contributed by atoms with van der Waals surface area (Å²) < 4.78 is 0. The number of carbonyl (C=O) groups is 1. The van der Waals surface area contributed by atoms with Gasteiger partial charge in [0.1, 0.15) is 0 Å². The van der Waals surface area contributed by atoms with Gasteiger partial charge in [-0.2, -0.15) is 0 Å². The standard InChI is InChI=1S/C15H22N2OS/c1-2-16-7-9-17(10-8-16)15(18)13-11-19-14-6-4-3-5-12(13)14/h11H,2-10H2,1H3. The van der Waals surface area contributed by atoms with E-state index in [1.807, 2.05) is 4.90 Å². The lowest BCUT2D eigenvalue weighted by Crippen LogP contribution is -2.48. The number of likely N-dealkylation sites (N-methyl/N-ethyl adjacent to an activating group) is 1. The first-order chi connectivity index (χ1) is 9.29. The van der Waals surface area contributed by atoms with E-state index >= 15 is 0 Å². The van der Waals surface area contributed by atoms with Gasteiger partial charge in [0.2, 0.25) is 0 Å². The number of nitrogens with zero attached hydrogens (tertiary/aromatic N) is 2. The van der Waals surface area contributed by atoms with E-state index in [4.69, 9.17) is 0 Å². The number of aryl methyl sites for hydroxylation is 1. The highest BCUT2D eigenvalue weighted by atomic mass is 32.1. The quantitative estimate of drug-likeness (QED) is 0.829. The fourth-order valence-corrected chi connectivity index (χ4v) is 4.23. The summed E-state index contributed by atoms with van der Waals surface area (Å²) in [6.07, 6.45) is 4.82. The van der Waals surface area contributed by atoms with Gasteiger partial charge < -0.3 is 9.80 Å². The molecule has 1 saturated heterocycles. The Balaban J connectivity index is 1.72. The first-order valence-corrected chi connectivity index (χ1v) is 8.28. The third-order valence-electron chi connectivity index (χ3n) is 4.40. The summed E-state index contributed by atoms with van der Waals surface area (Å²) in [4.78, 5) is 18.6. The molecule has 0 radical (unpaired) electrons. The van der Waals surface area contributed by atoms with E-state index in [1.165, 1.54) is 29.7 Å². The van der Waals surface area contributed by atoms with E-state index in [0.717, 1.165) is 44.7 Å². The summed E-state index contributed by atoms with van der Waals surface area (Å²) in [6, 6.07) is 0. The maximum atomic E-state index is 12.6. The van der Waals surface area contributed by atoms with Crippen LogP contribution in [-0.4, -0.2) is 48.4 Å². The lowest BCUT2D eigenvalue weighted by molar-refractivity contribution is 0.0642. The van der Waals surface area contributed by atoms with Crippen molar-refractivity contribution in [2.75, 3.05) is 32.7 Å². The predicted molar refractivity (Wildman–Crippen MR) is 79.0 cm³/mol. The predicted octanol–water partition coefficient (Wildman–Crippen LogP) is 2.40. The van der Waals surface area contributed by atoms with E-state index < -0.39 is 0 Å². The molecule has 0 unspecified atom stereocenters. The summed E-state index contributed by atoms with van der Waals surface area (Å²) >= 11 is 1.79. The van der Waals surface area contributed by atoms with Crippen LogP contribution in [0.1, 0.15) is 40.6 Å². The van der Waals surface area contributed by atoms with E-state index in [1.54, 1.807) is 11.3 Å². The maximum absolute atomic E-state index is 12.6. The summed E-state index contributed by atoms with van der Waals surface area (Å²) in [7, 11) is 0. The minimum atomic E-state index is 0.273. The molecule has 1 amide bonds. The Kier molecular flexibility index (Phi) is 3.89. The highest BCUT2D eigenvalue weighted by Gasteiger charge is 2.26. The van der Waals surface area contributed by atoms with Crippen molar-refractivity contribution in [2.24, 2.45) is 0 Å². The topological polar surface area (TPSA) is 23.6 Å². The van der Waals surface area contributed by atoms with Crippen LogP contribution < -0.4 is 0 Å². The number of piperazine rings is 1. The van der Waals surface area contributed by atoms with Crippen LogP contribution in [-0.2, 0) is 12.8 Å². The van der Waals surface area contributed by atoms with Crippen molar-refractivity contribution in [3.63, 3.8) is 0 Å². The lowest BCUT2D eigenvalue weighted by Gasteiger charge is -2.34. The molecular weight excluding hydrogens is 256 g/mol. The van der Waals surface area contributed by atoms with E-state index in [-0.39, 0.29) is 5.91 Å². The average molecular weight is 278 g/mol. The van der Waals surface area contributed by atoms with E-state index in [0.29, 0.717) is 0 Å². The Labute approximate surface area is 119 Å². The number of hydrogen-bond donors (Lipinski definition) is 0. The van der Waals surface area contributed by atoms with Gasteiger partial charge >= 0.3 is 0 Å². The molecule has 0 bridgehead atoms. The van der Waals surface area contributed by atoms with Crippen LogP contribution in [0.3, 0.4) is 0 Å². The summed E-state index contributed by atoms with van der Waals surface area (Å²) in [5.74, 6) is 0.273. The highest BCUT2D eigenvalue weighted by molar-refractivity contribution is 7.10. The Hall–Kier alpha value is -0.870. The van der Waals surface area contributed by atoms with Gasteiger partial charge in [0.25, 0.3) is 5.91 Å². The Morgan fingerprint density at radius 2 is 1.95 bits per heavy atom. The van der Waals surface area contributed by atoms with Gasteiger partial charge in [-0.25, -0.2) is 0 Å². The van der Waals surface area contributed by atoms with Crippen LogP contribution in [0.4, 0.5) is 0 Å². The van der Waals surface area contributed by atoms with Crippen LogP contribution >= 0.6 is 11.3 Å². The summed E-state index contributed by atoms with van der Waals surface area (Å²) in [6.45, 7) is 7.10. The van der Waals surface area contributed by atoms with Crippen molar-refractivity contribution in [2.45, 2.75) is 32.6 Å². The van der Waals surface area contributed by atoms with E-state index in [2.05, 4.69) is 17.2 Å². The van der Waals surface area contributed by atoms with Gasteiger partial charge in [-0.15, -0.1) is 11.3 Å². The van der Waals surface area contributed by atoms with Crippen molar-refractivity contribution in [1.82, 2.24) is 9.80 Å². The largest absolute Gasteiger partial charge is 0.336 e. The van der Waals surface area contributed by atoms with Crippen LogP contribution in [0.25, 0.3) is 0 Å². The van der Waals surface area contributed by atoms with Crippen molar-refractivity contribution >= 4 is 17.2 Å². The monoisotopic (exact) mass is 278 g/mol. The zero-order valence-corrected chi connectivity index (χ0v) is 12.5. The molecular formula is C15H22N2OS. The number of fused-ring (bicyclic) bond motifs is 1. The molecule has 3 rings (SSSR count). The number of amides is 1. The smallest absolute Gasteiger partial charge is 0.255 e. The molecule has 19 heavy (non-hydrogen) atoms. The molecule has 1 aromatic rings. The zero-order chi connectivity index (χ0) is 13.2. The molecule has 0 atom stereocenters. The minimum absolute atomic E-state index is 0.273. The third-order valence-corrected chi connectivity index (χ3v) is 5.49. The van der Waals surface area contributed by atoms with Gasteiger partial charge in [-0.05, 0) is 37.8 Å². The second-order valence-corrected chi connectivity index (χ2v) is 6.45. The van der Waals surface area contributed by atoms with Crippen LogP contribution in [0, 0.1) is 0 Å². The molecule has 1 aliphatic carbocycles. The van der Waals surface area contributed by atoms with E-state index in [9.17, 15) is 4.79 Å². The Morgan fingerprint density at radius 1 is 1.21 bits per heavy atom. The number of carbonyl (C=O) groups excluding carboxylic acids is 1. The third kappa shape index (κ3) is 2.56. The van der Waals surface area contributed by atoms with Gasteiger partial charge in [0.15, 0.2) is 0 Å². The second-order valence-electron chi connectivity index (χ2n) is 5.48. The molecule has 2 aliphatic rings. The summed E-state index contributed by atoms with van der Waals surface area (Å²) in [5, 5.41) is 2.10. The van der Waals surface area contributed by atoms with Crippen molar-refractivity contribution in [1.29, 1.82) is 0 Å². The average Bonchev–Trinajstić information content (AvgIpc) is 2.90. The first-order valence-electron chi connectivity index (χ1n) is 7.40. The first kappa shape index (κ1) is 13.1. The highest BCUT2D eigenvalue weighted by Crippen LogP contribution is 2.31. The Morgan fingerprint density at radius 3 is 2.68 bits per heavy atom. The molecule has 3 nitrogen and oxygen atoms in total. The fraction of sp³-hybridized carbons (Fsp3) is 0.667. The molecule has 2 heterocycles. The molecule has 1 aromatic heterocycles. The summed E-state index contributed by atoms with van der Waals surface area (Å²) in [5.41, 5.74) is 2.36. The normalized spacial score (nSPS) is 20.4.